The standard InChI is InChI=1S/C27H32ClFN6O4/c1-17-21(37-3)14-22(38-4)25(28)26(17)33-27(36)34(2)24-15-23(30-16-31-24)32-18-7-8-20(19(29)13-18)39-12-11-35-9-5-6-10-35/h7-8,13-16H,5-6,9-12H2,1-4H3,(H,33,36)(H,30,31,32). The van der Waals surface area contributed by atoms with Crippen molar-refractivity contribution in [3.8, 4) is 17.2 Å². The number of urea groups is 1. The Labute approximate surface area is 232 Å². The number of ether oxygens (including phenoxy) is 3. The van der Waals surface area contributed by atoms with Gasteiger partial charge in [0.25, 0.3) is 0 Å². The molecule has 0 radical (unpaired) electrons. The van der Waals surface area contributed by atoms with Crippen molar-refractivity contribution in [3.05, 3.63) is 53.1 Å². The molecule has 1 aromatic heterocycles. The number of methoxy groups -OCH3 is 2. The summed E-state index contributed by atoms with van der Waals surface area (Å²) >= 11 is 6.44. The first-order valence-corrected chi connectivity index (χ1v) is 12.9. The third kappa shape index (κ3) is 6.79. The molecule has 1 fully saturated rings. The molecule has 0 spiro atoms. The van der Waals surface area contributed by atoms with E-state index in [4.69, 9.17) is 25.8 Å². The summed E-state index contributed by atoms with van der Waals surface area (Å²) in [5.74, 6) is 1.27. The van der Waals surface area contributed by atoms with Gasteiger partial charge >= 0.3 is 6.03 Å². The molecule has 0 bridgehead atoms. The summed E-state index contributed by atoms with van der Waals surface area (Å²) in [4.78, 5) is 25.0. The minimum atomic E-state index is -0.499. The van der Waals surface area contributed by atoms with E-state index >= 15 is 0 Å². The molecule has 208 valence electrons. The van der Waals surface area contributed by atoms with Crippen LogP contribution in [-0.4, -0.2) is 68.4 Å². The molecule has 1 aliphatic rings. The quantitative estimate of drug-likeness (QED) is 0.337. The topological polar surface area (TPSA) is 101 Å². The van der Waals surface area contributed by atoms with Crippen LogP contribution >= 0.6 is 11.6 Å². The number of hydrogen-bond acceptors (Lipinski definition) is 8. The molecule has 2 N–H and O–H groups in total. The van der Waals surface area contributed by atoms with Gasteiger partial charge < -0.3 is 24.8 Å². The van der Waals surface area contributed by atoms with Gasteiger partial charge in [-0.1, -0.05) is 11.6 Å². The minimum Gasteiger partial charge on any atom is -0.496 e. The molecule has 12 heteroatoms. The molecule has 4 rings (SSSR count). The van der Waals surface area contributed by atoms with Crippen molar-refractivity contribution in [2.45, 2.75) is 19.8 Å². The van der Waals surface area contributed by atoms with Gasteiger partial charge in [-0.15, -0.1) is 0 Å². The maximum Gasteiger partial charge on any atom is 0.327 e. The monoisotopic (exact) mass is 558 g/mol. The van der Waals surface area contributed by atoms with Crippen LogP contribution in [0.1, 0.15) is 18.4 Å². The summed E-state index contributed by atoms with van der Waals surface area (Å²) in [7, 11) is 4.55. The summed E-state index contributed by atoms with van der Waals surface area (Å²) in [6, 6.07) is 7.34. The Kier molecular flexibility index (Phi) is 9.26. The van der Waals surface area contributed by atoms with E-state index in [0.717, 1.165) is 19.6 Å². The van der Waals surface area contributed by atoms with E-state index in [-0.39, 0.29) is 10.8 Å². The number of likely N-dealkylation sites (tertiary alicyclic amines) is 1. The number of nitrogens with one attached hydrogen (secondary N) is 2. The number of nitrogens with zero attached hydrogens (tertiary/aromatic N) is 4. The predicted molar refractivity (Wildman–Crippen MR) is 150 cm³/mol. The Morgan fingerprint density at radius 3 is 2.54 bits per heavy atom. The Hall–Kier alpha value is -3.83. The van der Waals surface area contributed by atoms with E-state index in [0.29, 0.717) is 46.7 Å². The van der Waals surface area contributed by atoms with Crippen LogP contribution < -0.4 is 29.7 Å². The zero-order valence-corrected chi connectivity index (χ0v) is 23.1. The highest BCUT2D eigenvalue weighted by atomic mass is 35.5. The number of carbonyl (C=O) groups excluding carboxylic acids is 1. The van der Waals surface area contributed by atoms with Crippen LogP contribution in [0, 0.1) is 12.7 Å². The molecule has 1 saturated heterocycles. The third-order valence-corrected chi connectivity index (χ3v) is 6.86. The maximum atomic E-state index is 14.6. The SMILES string of the molecule is COc1cc(OC)c(Cl)c(NC(=O)N(C)c2cc(Nc3ccc(OCCN4CCCC4)c(F)c3)ncn2)c1C. The Balaban J connectivity index is 1.41. The number of aromatic nitrogens is 2. The number of hydrogen-bond donors (Lipinski definition) is 2. The summed E-state index contributed by atoms with van der Waals surface area (Å²) < 4.78 is 30.9. The van der Waals surface area contributed by atoms with Gasteiger partial charge in [0.2, 0.25) is 0 Å². The molecule has 3 aromatic rings. The number of amides is 2. The lowest BCUT2D eigenvalue weighted by Crippen LogP contribution is -2.32. The van der Waals surface area contributed by atoms with Gasteiger partial charge in [-0.05, 0) is 45.0 Å². The van der Waals surface area contributed by atoms with Crippen LogP contribution in [0.4, 0.5) is 32.2 Å². The first-order chi connectivity index (χ1) is 18.8. The smallest absolute Gasteiger partial charge is 0.327 e. The van der Waals surface area contributed by atoms with Gasteiger partial charge in [0.15, 0.2) is 11.6 Å². The fourth-order valence-electron chi connectivity index (χ4n) is 4.24. The highest BCUT2D eigenvalue weighted by molar-refractivity contribution is 6.35. The molecule has 0 aliphatic carbocycles. The lowest BCUT2D eigenvalue weighted by atomic mass is 10.1. The zero-order chi connectivity index (χ0) is 27.9. The van der Waals surface area contributed by atoms with Crippen LogP contribution in [0.2, 0.25) is 5.02 Å². The van der Waals surface area contributed by atoms with E-state index in [1.165, 1.54) is 44.4 Å². The molecule has 10 nitrogen and oxygen atoms in total. The second-order valence-corrected chi connectivity index (χ2v) is 9.39. The van der Waals surface area contributed by atoms with Crippen molar-refractivity contribution in [1.29, 1.82) is 0 Å². The average molecular weight is 559 g/mol. The number of carbonyl (C=O) groups is 1. The van der Waals surface area contributed by atoms with Crippen LogP contribution in [0.25, 0.3) is 0 Å². The van der Waals surface area contributed by atoms with Crippen molar-refractivity contribution >= 4 is 40.6 Å². The molecule has 0 atom stereocenters. The van der Waals surface area contributed by atoms with Crippen molar-refractivity contribution in [3.63, 3.8) is 0 Å². The largest absolute Gasteiger partial charge is 0.496 e. The molecular weight excluding hydrogens is 527 g/mol. The summed E-state index contributed by atoms with van der Waals surface area (Å²) in [5, 5.41) is 6.07. The van der Waals surface area contributed by atoms with Gasteiger partial charge in [0.1, 0.15) is 41.1 Å². The fraction of sp³-hybridized carbons (Fsp3) is 0.370. The van der Waals surface area contributed by atoms with E-state index in [9.17, 15) is 9.18 Å². The summed E-state index contributed by atoms with van der Waals surface area (Å²) in [6.07, 6.45) is 3.71. The average Bonchev–Trinajstić information content (AvgIpc) is 3.45. The van der Waals surface area contributed by atoms with Crippen LogP contribution in [-0.2, 0) is 0 Å². The second kappa shape index (κ2) is 12.8. The number of rotatable bonds is 10. The van der Waals surface area contributed by atoms with Crippen LogP contribution in [0.5, 0.6) is 17.2 Å². The Bertz CT molecular complexity index is 1290. The van der Waals surface area contributed by atoms with Gasteiger partial charge in [-0.2, -0.15) is 0 Å². The summed E-state index contributed by atoms with van der Waals surface area (Å²) in [5.41, 5.74) is 1.47. The number of benzene rings is 2. The summed E-state index contributed by atoms with van der Waals surface area (Å²) in [6.45, 7) is 5.11. The van der Waals surface area contributed by atoms with E-state index in [1.54, 1.807) is 38.2 Å². The highest BCUT2D eigenvalue weighted by Crippen LogP contribution is 2.40. The van der Waals surface area contributed by atoms with Crippen molar-refractivity contribution in [2.24, 2.45) is 0 Å². The molecule has 2 aromatic carbocycles. The zero-order valence-electron chi connectivity index (χ0n) is 22.4. The normalized spacial score (nSPS) is 13.2. The molecule has 2 amide bonds. The lowest BCUT2D eigenvalue weighted by Gasteiger charge is -2.21. The fourth-order valence-corrected chi connectivity index (χ4v) is 4.56. The third-order valence-electron chi connectivity index (χ3n) is 6.48. The van der Waals surface area contributed by atoms with E-state index in [1.807, 2.05) is 0 Å². The second-order valence-electron chi connectivity index (χ2n) is 9.01. The first kappa shape index (κ1) is 28.2. The van der Waals surface area contributed by atoms with Gasteiger partial charge in [-0.25, -0.2) is 19.2 Å². The molecule has 0 saturated carbocycles. The van der Waals surface area contributed by atoms with Crippen molar-refractivity contribution in [2.75, 3.05) is 63.0 Å². The molecule has 2 heterocycles. The molecule has 1 aliphatic heterocycles. The van der Waals surface area contributed by atoms with Crippen LogP contribution in [0.15, 0.2) is 36.7 Å². The van der Waals surface area contributed by atoms with Gasteiger partial charge in [0, 0.05) is 43.0 Å². The Morgan fingerprint density at radius 2 is 1.85 bits per heavy atom. The van der Waals surface area contributed by atoms with Gasteiger partial charge in [0.05, 0.1) is 19.9 Å². The minimum absolute atomic E-state index is 0.197. The number of halogens is 2. The Morgan fingerprint density at radius 1 is 1.10 bits per heavy atom. The van der Waals surface area contributed by atoms with Crippen molar-refractivity contribution < 1.29 is 23.4 Å². The number of anilines is 4. The molecule has 39 heavy (non-hydrogen) atoms. The maximum absolute atomic E-state index is 14.6. The van der Waals surface area contributed by atoms with Crippen LogP contribution in [0.3, 0.4) is 0 Å². The molecule has 0 unspecified atom stereocenters. The predicted octanol–water partition coefficient (Wildman–Crippen LogP) is 5.48. The van der Waals surface area contributed by atoms with Gasteiger partial charge in [-0.3, -0.25) is 9.80 Å². The van der Waals surface area contributed by atoms with E-state index < -0.39 is 11.8 Å². The molecular formula is C27H32ClFN6O4. The van der Waals surface area contributed by atoms with E-state index in [2.05, 4.69) is 25.5 Å². The highest BCUT2D eigenvalue weighted by Gasteiger charge is 2.21. The lowest BCUT2D eigenvalue weighted by molar-refractivity contribution is 0.231. The first-order valence-electron chi connectivity index (χ1n) is 12.5. The van der Waals surface area contributed by atoms with Crippen molar-refractivity contribution in [1.82, 2.24) is 14.9 Å².